The van der Waals surface area contributed by atoms with Gasteiger partial charge < -0.3 is 14.6 Å². The van der Waals surface area contributed by atoms with Crippen LogP contribution >= 0.6 is 0 Å². The summed E-state index contributed by atoms with van der Waals surface area (Å²) in [4.78, 5) is 22.4. The molecule has 1 rings (SSSR count). The van der Waals surface area contributed by atoms with Crippen molar-refractivity contribution in [2.75, 3.05) is 13.7 Å². The second-order valence-electron chi connectivity index (χ2n) is 2.94. The monoisotopic (exact) mass is 224 g/mol. The van der Waals surface area contributed by atoms with Gasteiger partial charge in [0.05, 0.1) is 24.8 Å². The van der Waals surface area contributed by atoms with Gasteiger partial charge in [-0.2, -0.15) is 0 Å². The number of rotatable bonds is 4. The van der Waals surface area contributed by atoms with Crippen molar-refractivity contribution in [3.05, 3.63) is 29.3 Å². The molecule has 0 aliphatic heterocycles. The maximum Gasteiger partial charge on any atom is 0.339 e. The Hall–Kier alpha value is -2.04. The minimum Gasteiger partial charge on any atom is -0.497 e. The fourth-order valence-electron chi connectivity index (χ4n) is 1.21. The first kappa shape index (κ1) is 12.0. The molecule has 0 amide bonds. The van der Waals surface area contributed by atoms with Crippen LogP contribution in [0.4, 0.5) is 0 Å². The third-order valence-corrected chi connectivity index (χ3v) is 1.95. The van der Waals surface area contributed by atoms with Crippen LogP contribution in [0.15, 0.2) is 18.2 Å². The molecule has 0 spiro atoms. The number of carboxylic acid groups (broad SMARTS) is 1. The van der Waals surface area contributed by atoms with Crippen LogP contribution in [0.25, 0.3) is 0 Å². The largest absolute Gasteiger partial charge is 0.497 e. The van der Waals surface area contributed by atoms with Gasteiger partial charge >= 0.3 is 11.9 Å². The Balaban J connectivity index is 3.17. The lowest BCUT2D eigenvalue weighted by atomic mass is 10.1. The standard InChI is InChI=1S/C11H12O5/c1-3-16-11(14)8-5-4-7(15-2)6-9(8)10(12)13/h4-6H,3H2,1-2H3,(H,12,13). The molecule has 0 saturated heterocycles. The molecule has 0 saturated carbocycles. The smallest absolute Gasteiger partial charge is 0.339 e. The second-order valence-corrected chi connectivity index (χ2v) is 2.94. The minimum atomic E-state index is -1.19. The van der Waals surface area contributed by atoms with Crippen LogP contribution in [0, 0.1) is 0 Å². The van der Waals surface area contributed by atoms with Gasteiger partial charge in [0.1, 0.15) is 5.75 Å². The number of methoxy groups -OCH3 is 1. The van der Waals surface area contributed by atoms with E-state index in [2.05, 4.69) is 0 Å². The average Bonchev–Trinajstić information content (AvgIpc) is 2.28. The van der Waals surface area contributed by atoms with Crippen molar-refractivity contribution in [1.82, 2.24) is 0 Å². The van der Waals surface area contributed by atoms with Gasteiger partial charge in [-0.3, -0.25) is 0 Å². The van der Waals surface area contributed by atoms with E-state index in [1.807, 2.05) is 0 Å². The van der Waals surface area contributed by atoms with E-state index in [0.29, 0.717) is 5.75 Å². The van der Waals surface area contributed by atoms with Crippen LogP contribution in [0.1, 0.15) is 27.6 Å². The van der Waals surface area contributed by atoms with E-state index < -0.39 is 11.9 Å². The van der Waals surface area contributed by atoms with E-state index in [9.17, 15) is 9.59 Å². The molecule has 0 aliphatic carbocycles. The lowest BCUT2D eigenvalue weighted by molar-refractivity contribution is 0.0514. The van der Waals surface area contributed by atoms with E-state index in [1.165, 1.54) is 25.3 Å². The molecule has 0 aliphatic rings. The van der Waals surface area contributed by atoms with Gasteiger partial charge in [0.2, 0.25) is 0 Å². The maximum atomic E-state index is 11.4. The van der Waals surface area contributed by atoms with Crippen LogP contribution < -0.4 is 4.74 Å². The van der Waals surface area contributed by atoms with Crippen LogP contribution in [-0.2, 0) is 4.74 Å². The number of carbonyl (C=O) groups is 2. The molecule has 86 valence electrons. The average molecular weight is 224 g/mol. The number of aromatic carboxylic acids is 1. The van der Waals surface area contributed by atoms with Crippen molar-refractivity contribution in [1.29, 1.82) is 0 Å². The fourth-order valence-corrected chi connectivity index (χ4v) is 1.21. The third-order valence-electron chi connectivity index (χ3n) is 1.95. The van der Waals surface area contributed by atoms with Crippen LogP contribution in [0.2, 0.25) is 0 Å². The van der Waals surface area contributed by atoms with Crippen LogP contribution in [0.3, 0.4) is 0 Å². The maximum absolute atomic E-state index is 11.4. The predicted molar refractivity (Wildman–Crippen MR) is 55.9 cm³/mol. The number of benzene rings is 1. The number of hydrogen-bond acceptors (Lipinski definition) is 4. The normalized spacial score (nSPS) is 9.62. The van der Waals surface area contributed by atoms with E-state index in [-0.39, 0.29) is 17.7 Å². The first-order valence-corrected chi connectivity index (χ1v) is 4.68. The molecule has 0 atom stereocenters. The lowest BCUT2D eigenvalue weighted by Crippen LogP contribution is -2.11. The highest BCUT2D eigenvalue weighted by molar-refractivity contribution is 6.02. The fraction of sp³-hybridized carbons (Fsp3) is 0.273. The van der Waals surface area contributed by atoms with Crippen LogP contribution in [0.5, 0.6) is 5.75 Å². The first-order chi connectivity index (χ1) is 7.60. The Kier molecular flexibility index (Phi) is 3.88. The topological polar surface area (TPSA) is 72.8 Å². The zero-order chi connectivity index (χ0) is 12.1. The Labute approximate surface area is 92.6 Å². The Bertz CT molecular complexity index is 411. The highest BCUT2D eigenvalue weighted by Gasteiger charge is 2.18. The number of carbonyl (C=O) groups excluding carboxylic acids is 1. The number of carboxylic acids is 1. The van der Waals surface area contributed by atoms with E-state index >= 15 is 0 Å². The molecule has 0 radical (unpaired) electrons. The number of hydrogen-bond donors (Lipinski definition) is 1. The summed E-state index contributed by atoms with van der Waals surface area (Å²) >= 11 is 0. The molecule has 1 aromatic carbocycles. The van der Waals surface area contributed by atoms with Gasteiger partial charge in [0.25, 0.3) is 0 Å². The van der Waals surface area contributed by atoms with Crippen molar-refractivity contribution < 1.29 is 24.2 Å². The molecule has 0 aromatic heterocycles. The SMILES string of the molecule is CCOC(=O)c1ccc(OC)cc1C(=O)O. The van der Waals surface area contributed by atoms with Gasteiger partial charge in [-0.05, 0) is 25.1 Å². The van der Waals surface area contributed by atoms with E-state index in [0.717, 1.165) is 0 Å². The molecular weight excluding hydrogens is 212 g/mol. The Morgan fingerprint density at radius 2 is 2.00 bits per heavy atom. The van der Waals surface area contributed by atoms with Crippen molar-refractivity contribution in [3.8, 4) is 5.75 Å². The summed E-state index contributed by atoms with van der Waals surface area (Å²) in [6.07, 6.45) is 0. The molecule has 0 unspecified atom stereocenters. The first-order valence-electron chi connectivity index (χ1n) is 4.68. The molecule has 0 heterocycles. The summed E-state index contributed by atoms with van der Waals surface area (Å²) < 4.78 is 9.63. The molecule has 5 nitrogen and oxygen atoms in total. The van der Waals surface area contributed by atoms with Crippen molar-refractivity contribution in [2.45, 2.75) is 6.92 Å². The van der Waals surface area contributed by atoms with Crippen molar-refractivity contribution in [2.24, 2.45) is 0 Å². The predicted octanol–water partition coefficient (Wildman–Crippen LogP) is 1.57. The van der Waals surface area contributed by atoms with Gasteiger partial charge in [-0.25, -0.2) is 9.59 Å². The molecule has 5 heteroatoms. The number of ether oxygens (including phenoxy) is 2. The van der Waals surface area contributed by atoms with E-state index in [1.54, 1.807) is 6.92 Å². The highest BCUT2D eigenvalue weighted by atomic mass is 16.5. The molecule has 1 N–H and O–H groups in total. The number of esters is 1. The quantitative estimate of drug-likeness (QED) is 0.786. The highest BCUT2D eigenvalue weighted by Crippen LogP contribution is 2.18. The summed E-state index contributed by atoms with van der Waals surface area (Å²) in [6, 6.07) is 4.17. The Morgan fingerprint density at radius 3 is 2.50 bits per heavy atom. The molecular formula is C11H12O5. The van der Waals surface area contributed by atoms with Gasteiger partial charge in [-0.15, -0.1) is 0 Å². The van der Waals surface area contributed by atoms with Crippen molar-refractivity contribution in [3.63, 3.8) is 0 Å². The Morgan fingerprint density at radius 1 is 1.31 bits per heavy atom. The zero-order valence-corrected chi connectivity index (χ0v) is 9.02. The summed E-state index contributed by atoms with van der Waals surface area (Å²) in [7, 11) is 1.42. The third kappa shape index (κ3) is 2.50. The molecule has 16 heavy (non-hydrogen) atoms. The van der Waals surface area contributed by atoms with Gasteiger partial charge in [-0.1, -0.05) is 0 Å². The molecule has 1 aromatic rings. The summed E-state index contributed by atoms with van der Waals surface area (Å²) in [5.41, 5.74) is -0.104. The van der Waals surface area contributed by atoms with Gasteiger partial charge in [0.15, 0.2) is 0 Å². The minimum absolute atomic E-state index is 0.0233. The van der Waals surface area contributed by atoms with Crippen molar-refractivity contribution >= 4 is 11.9 Å². The summed E-state index contributed by atoms with van der Waals surface area (Å²) in [5, 5.41) is 8.94. The van der Waals surface area contributed by atoms with Crippen LogP contribution in [-0.4, -0.2) is 30.8 Å². The van der Waals surface area contributed by atoms with E-state index in [4.69, 9.17) is 14.6 Å². The lowest BCUT2D eigenvalue weighted by Gasteiger charge is -2.07. The summed E-state index contributed by atoms with van der Waals surface area (Å²) in [6.45, 7) is 1.85. The zero-order valence-electron chi connectivity index (χ0n) is 9.02. The summed E-state index contributed by atoms with van der Waals surface area (Å²) in [5.74, 6) is -1.46. The van der Waals surface area contributed by atoms with Gasteiger partial charge in [0, 0.05) is 0 Å². The molecule has 0 bridgehead atoms. The molecule has 0 fully saturated rings. The second kappa shape index (κ2) is 5.16.